The van der Waals surface area contributed by atoms with E-state index in [1.54, 1.807) is 0 Å². The van der Waals surface area contributed by atoms with Gasteiger partial charge in [0.15, 0.2) is 0 Å². The van der Waals surface area contributed by atoms with Gasteiger partial charge in [0, 0.05) is 31.5 Å². The van der Waals surface area contributed by atoms with Gasteiger partial charge in [0.05, 0.1) is 6.10 Å². The number of anilines is 1. The Morgan fingerprint density at radius 1 is 1.42 bits per heavy atom. The lowest BCUT2D eigenvalue weighted by atomic mass is 10.1. The van der Waals surface area contributed by atoms with Crippen LogP contribution in [-0.2, 0) is 4.74 Å². The molecule has 106 valence electrons. The van der Waals surface area contributed by atoms with Gasteiger partial charge in [-0.3, -0.25) is 0 Å². The van der Waals surface area contributed by atoms with Crippen LogP contribution >= 0.6 is 0 Å². The third-order valence-corrected chi connectivity index (χ3v) is 3.39. The van der Waals surface area contributed by atoms with E-state index in [0.29, 0.717) is 12.7 Å². The summed E-state index contributed by atoms with van der Waals surface area (Å²) in [6.07, 6.45) is 4.07. The number of ether oxygens (including phenoxy) is 2. The highest BCUT2D eigenvalue weighted by Gasteiger charge is 2.15. The highest BCUT2D eigenvalue weighted by Crippen LogP contribution is 2.15. The van der Waals surface area contributed by atoms with E-state index in [9.17, 15) is 0 Å². The minimum atomic E-state index is 0.395. The number of hydrogen-bond donors (Lipinski definition) is 1. The fourth-order valence-electron chi connectivity index (χ4n) is 2.31. The van der Waals surface area contributed by atoms with Gasteiger partial charge in [-0.15, -0.1) is 0 Å². The molecule has 0 radical (unpaired) electrons. The average Bonchev–Trinajstić information content (AvgIpc) is 2.40. The van der Waals surface area contributed by atoms with Gasteiger partial charge in [0.1, 0.15) is 12.4 Å². The SMILES string of the molecule is CN(CCOc1cccc(N)c1)CC1CCCCO1. The van der Waals surface area contributed by atoms with Crippen molar-refractivity contribution in [3.63, 3.8) is 0 Å². The van der Waals surface area contributed by atoms with Crippen LogP contribution in [0.4, 0.5) is 5.69 Å². The van der Waals surface area contributed by atoms with E-state index < -0.39 is 0 Å². The Morgan fingerprint density at radius 2 is 2.32 bits per heavy atom. The molecule has 1 atom stereocenters. The molecule has 1 fully saturated rings. The van der Waals surface area contributed by atoms with Gasteiger partial charge in [-0.1, -0.05) is 6.07 Å². The van der Waals surface area contributed by atoms with Gasteiger partial charge in [0.2, 0.25) is 0 Å². The Balaban J connectivity index is 1.64. The van der Waals surface area contributed by atoms with Gasteiger partial charge >= 0.3 is 0 Å². The first-order valence-corrected chi connectivity index (χ1v) is 7.02. The topological polar surface area (TPSA) is 47.7 Å². The Morgan fingerprint density at radius 3 is 3.05 bits per heavy atom. The molecule has 1 aliphatic heterocycles. The summed E-state index contributed by atoms with van der Waals surface area (Å²) in [6.45, 7) is 3.47. The lowest BCUT2D eigenvalue weighted by Gasteiger charge is -2.27. The molecule has 2 N–H and O–H groups in total. The van der Waals surface area contributed by atoms with Crippen molar-refractivity contribution in [2.75, 3.05) is 39.1 Å². The highest BCUT2D eigenvalue weighted by atomic mass is 16.5. The molecule has 0 aliphatic carbocycles. The maximum atomic E-state index is 5.73. The molecule has 0 aromatic heterocycles. The molecule has 1 aromatic carbocycles. The van der Waals surface area contributed by atoms with Crippen molar-refractivity contribution >= 4 is 5.69 Å². The number of hydrogen-bond acceptors (Lipinski definition) is 4. The van der Waals surface area contributed by atoms with Crippen LogP contribution in [0.2, 0.25) is 0 Å². The summed E-state index contributed by atoms with van der Waals surface area (Å²) in [5, 5.41) is 0. The predicted octanol–water partition coefficient (Wildman–Crippen LogP) is 2.15. The van der Waals surface area contributed by atoms with Crippen LogP contribution in [0.5, 0.6) is 5.75 Å². The first-order chi connectivity index (χ1) is 9.24. The second kappa shape index (κ2) is 7.36. The molecular formula is C15H24N2O2. The lowest BCUT2D eigenvalue weighted by Crippen LogP contribution is -2.35. The third kappa shape index (κ3) is 5.09. The Bertz CT molecular complexity index is 378. The van der Waals surface area contributed by atoms with Gasteiger partial charge in [-0.05, 0) is 38.4 Å². The lowest BCUT2D eigenvalue weighted by molar-refractivity contribution is -0.00282. The second-order valence-electron chi connectivity index (χ2n) is 5.17. The van der Waals surface area contributed by atoms with Crippen molar-refractivity contribution in [1.29, 1.82) is 0 Å². The van der Waals surface area contributed by atoms with Crippen LogP contribution in [0.3, 0.4) is 0 Å². The maximum Gasteiger partial charge on any atom is 0.121 e. The van der Waals surface area contributed by atoms with Crippen molar-refractivity contribution in [2.24, 2.45) is 0 Å². The number of nitrogens with two attached hydrogens (primary N) is 1. The van der Waals surface area contributed by atoms with Crippen molar-refractivity contribution in [3.8, 4) is 5.75 Å². The van der Waals surface area contributed by atoms with Crippen LogP contribution in [0.1, 0.15) is 19.3 Å². The molecule has 1 saturated heterocycles. The zero-order valence-corrected chi connectivity index (χ0v) is 11.7. The van der Waals surface area contributed by atoms with Crippen LogP contribution in [0.25, 0.3) is 0 Å². The van der Waals surface area contributed by atoms with E-state index >= 15 is 0 Å². The molecule has 0 bridgehead atoms. The summed E-state index contributed by atoms with van der Waals surface area (Å²) in [6, 6.07) is 7.55. The molecule has 4 nitrogen and oxygen atoms in total. The fourth-order valence-corrected chi connectivity index (χ4v) is 2.31. The van der Waals surface area contributed by atoms with Crippen LogP contribution < -0.4 is 10.5 Å². The molecule has 4 heteroatoms. The number of nitrogens with zero attached hydrogens (tertiary/aromatic N) is 1. The van der Waals surface area contributed by atoms with E-state index in [1.807, 2.05) is 24.3 Å². The van der Waals surface area contributed by atoms with Gasteiger partial charge < -0.3 is 20.1 Å². The molecular weight excluding hydrogens is 240 g/mol. The number of benzene rings is 1. The van der Waals surface area contributed by atoms with Crippen LogP contribution in [-0.4, -0.2) is 44.4 Å². The fraction of sp³-hybridized carbons (Fsp3) is 0.600. The van der Waals surface area contributed by atoms with Crippen molar-refractivity contribution in [2.45, 2.75) is 25.4 Å². The summed E-state index contributed by atoms with van der Waals surface area (Å²) in [4.78, 5) is 2.27. The van der Waals surface area contributed by atoms with Crippen LogP contribution in [0.15, 0.2) is 24.3 Å². The predicted molar refractivity (Wildman–Crippen MR) is 77.4 cm³/mol. The van der Waals surface area contributed by atoms with E-state index in [1.165, 1.54) is 19.3 Å². The van der Waals surface area contributed by atoms with Gasteiger partial charge in [-0.2, -0.15) is 0 Å². The minimum Gasteiger partial charge on any atom is -0.492 e. The molecule has 2 rings (SSSR count). The molecule has 1 aliphatic rings. The Kier molecular flexibility index (Phi) is 5.48. The van der Waals surface area contributed by atoms with Crippen molar-refractivity contribution < 1.29 is 9.47 Å². The van der Waals surface area contributed by atoms with E-state index in [2.05, 4.69) is 11.9 Å². The normalized spacial score (nSPS) is 19.6. The van der Waals surface area contributed by atoms with Crippen molar-refractivity contribution in [1.82, 2.24) is 4.90 Å². The van der Waals surface area contributed by atoms with Crippen LogP contribution in [0, 0.1) is 0 Å². The second-order valence-corrected chi connectivity index (χ2v) is 5.17. The summed E-state index contributed by atoms with van der Waals surface area (Å²) < 4.78 is 11.4. The summed E-state index contributed by atoms with van der Waals surface area (Å²) in [5.41, 5.74) is 6.44. The Hall–Kier alpha value is -1.26. The summed E-state index contributed by atoms with van der Waals surface area (Å²) in [5.74, 6) is 0.835. The highest BCUT2D eigenvalue weighted by molar-refractivity contribution is 5.43. The molecule has 1 unspecified atom stereocenters. The van der Waals surface area contributed by atoms with Gasteiger partial charge in [0.25, 0.3) is 0 Å². The zero-order chi connectivity index (χ0) is 13.5. The molecule has 1 heterocycles. The number of nitrogen functional groups attached to an aromatic ring is 1. The van der Waals surface area contributed by atoms with Gasteiger partial charge in [-0.25, -0.2) is 0 Å². The molecule has 0 spiro atoms. The molecule has 1 aromatic rings. The monoisotopic (exact) mass is 264 g/mol. The number of rotatable bonds is 6. The number of likely N-dealkylation sites (N-methyl/N-ethyl adjacent to an activating group) is 1. The molecule has 0 saturated carbocycles. The minimum absolute atomic E-state index is 0.395. The largest absolute Gasteiger partial charge is 0.492 e. The van der Waals surface area contributed by atoms with E-state index in [0.717, 1.165) is 31.1 Å². The third-order valence-electron chi connectivity index (χ3n) is 3.39. The molecule has 0 amide bonds. The quantitative estimate of drug-likeness (QED) is 0.800. The van der Waals surface area contributed by atoms with Crippen molar-refractivity contribution in [3.05, 3.63) is 24.3 Å². The molecule has 19 heavy (non-hydrogen) atoms. The zero-order valence-electron chi connectivity index (χ0n) is 11.7. The first kappa shape index (κ1) is 14.2. The maximum absolute atomic E-state index is 5.73. The van der Waals surface area contributed by atoms with E-state index in [4.69, 9.17) is 15.2 Å². The summed E-state index contributed by atoms with van der Waals surface area (Å²) in [7, 11) is 2.11. The standard InChI is InChI=1S/C15H24N2O2/c1-17(12-15-6-2-3-9-18-15)8-10-19-14-7-4-5-13(16)11-14/h4-5,7,11,15H,2-3,6,8-10,12,16H2,1H3. The smallest absolute Gasteiger partial charge is 0.121 e. The average molecular weight is 264 g/mol. The first-order valence-electron chi connectivity index (χ1n) is 7.02. The van der Waals surface area contributed by atoms with E-state index in [-0.39, 0.29) is 0 Å². The Labute approximate surface area is 115 Å². The summed E-state index contributed by atoms with van der Waals surface area (Å²) >= 11 is 0.